The van der Waals surface area contributed by atoms with E-state index in [4.69, 9.17) is 9.47 Å². The number of ether oxygens (including phenoxy) is 2. The zero-order chi connectivity index (χ0) is 19.6. The number of amides is 1. The van der Waals surface area contributed by atoms with E-state index in [1.807, 2.05) is 48.9 Å². The number of anilines is 1. The van der Waals surface area contributed by atoms with E-state index in [-0.39, 0.29) is 24.1 Å². The van der Waals surface area contributed by atoms with Crippen molar-refractivity contribution in [1.29, 1.82) is 0 Å². The fourth-order valence-corrected chi connectivity index (χ4v) is 3.82. The fraction of sp³-hybridized carbons (Fsp3) is 0.316. The molecule has 7 nitrogen and oxygen atoms in total. The van der Waals surface area contributed by atoms with Crippen molar-refractivity contribution in [2.24, 2.45) is 0 Å². The highest BCUT2D eigenvalue weighted by Gasteiger charge is 2.22. The Morgan fingerprint density at radius 1 is 1.26 bits per heavy atom. The highest BCUT2D eigenvalue weighted by molar-refractivity contribution is 7.16. The van der Waals surface area contributed by atoms with Gasteiger partial charge in [0.05, 0.1) is 19.7 Å². The van der Waals surface area contributed by atoms with Gasteiger partial charge in [-0.2, -0.15) is 0 Å². The number of carbonyl (C=O) groups excluding carboxylic acids is 2. The highest BCUT2D eigenvalue weighted by Crippen LogP contribution is 2.30. The molecule has 1 N–H and O–H groups in total. The van der Waals surface area contributed by atoms with Gasteiger partial charge in [0.25, 0.3) is 0 Å². The van der Waals surface area contributed by atoms with Crippen molar-refractivity contribution < 1.29 is 19.1 Å². The van der Waals surface area contributed by atoms with Crippen LogP contribution in [0.25, 0.3) is 10.9 Å². The number of hydrogen-bond donors (Lipinski definition) is 1. The third-order valence-corrected chi connectivity index (χ3v) is 5.38. The van der Waals surface area contributed by atoms with Crippen molar-refractivity contribution in [2.75, 3.05) is 19.5 Å². The number of nitrogens with one attached hydrogen (secondary N) is 1. The molecule has 0 atom stereocenters. The predicted octanol–water partition coefficient (Wildman–Crippen LogP) is 3.66. The van der Waals surface area contributed by atoms with Gasteiger partial charge in [-0.25, -0.2) is 9.78 Å². The van der Waals surface area contributed by atoms with E-state index in [9.17, 15) is 9.59 Å². The summed E-state index contributed by atoms with van der Waals surface area (Å²) in [5, 5.41) is 4.11. The van der Waals surface area contributed by atoms with E-state index in [0.717, 1.165) is 21.5 Å². The van der Waals surface area contributed by atoms with Crippen molar-refractivity contribution in [3.05, 3.63) is 41.0 Å². The molecule has 1 amide bonds. The van der Waals surface area contributed by atoms with Crippen LogP contribution in [0.4, 0.5) is 5.13 Å². The molecule has 27 heavy (non-hydrogen) atoms. The number of fused-ring (bicyclic) bond motifs is 1. The number of rotatable bonds is 6. The van der Waals surface area contributed by atoms with Gasteiger partial charge in [0.1, 0.15) is 12.3 Å². The van der Waals surface area contributed by atoms with Crippen LogP contribution in [0.1, 0.15) is 35.1 Å². The van der Waals surface area contributed by atoms with Crippen molar-refractivity contribution >= 4 is 39.2 Å². The molecule has 0 spiro atoms. The predicted molar refractivity (Wildman–Crippen MR) is 105 cm³/mol. The molecule has 0 aliphatic heterocycles. The maximum absolute atomic E-state index is 12.5. The minimum Gasteiger partial charge on any atom is -0.496 e. The quantitative estimate of drug-likeness (QED) is 0.653. The van der Waals surface area contributed by atoms with Crippen LogP contribution in [-0.4, -0.2) is 35.6 Å². The molecule has 0 saturated carbocycles. The summed E-state index contributed by atoms with van der Waals surface area (Å²) < 4.78 is 12.0. The van der Waals surface area contributed by atoms with Crippen LogP contribution in [0.3, 0.4) is 0 Å². The van der Waals surface area contributed by atoms with Crippen LogP contribution in [0.2, 0.25) is 0 Å². The van der Waals surface area contributed by atoms with E-state index in [0.29, 0.717) is 5.13 Å². The number of methoxy groups -OCH3 is 2. The summed E-state index contributed by atoms with van der Waals surface area (Å²) in [6.45, 7) is 4.05. The average molecular weight is 387 g/mol. The fourth-order valence-electron chi connectivity index (χ4n) is 2.84. The normalized spacial score (nSPS) is 11.0. The van der Waals surface area contributed by atoms with Gasteiger partial charge in [0.2, 0.25) is 5.91 Å². The summed E-state index contributed by atoms with van der Waals surface area (Å²) in [5.74, 6) is 0.133. The first kappa shape index (κ1) is 18.9. The van der Waals surface area contributed by atoms with Gasteiger partial charge >= 0.3 is 5.97 Å². The SMILES string of the molecule is COC(=O)c1nc(NC(=O)Cn2ccc3c(OC)cccc32)sc1C(C)C. The second-order valence-electron chi connectivity index (χ2n) is 6.26. The molecule has 0 aliphatic carbocycles. The van der Waals surface area contributed by atoms with Crippen LogP contribution in [0.15, 0.2) is 30.5 Å². The van der Waals surface area contributed by atoms with Crippen LogP contribution < -0.4 is 10.1 Å². The average Bonchev–Trinajstić information content (AvgIpc) is 3.25. The Bertz CT molecular complexity index is 990. The minimum atomic E-state index is -0.501. The van der Waals surface area contributed by atoms with Gasteiger partial charge in [-0.3, -0.25) is 4.79 Å². The number of carbonyl (C=O) groups is 2. The minimum absolute atomic E-state index is 0.100. The molecular weight excluding hydrogens is 366 g/mol. The molecule has 0 aliphatic rings. The second kappa shape index (κ2) is 7.79. The van der Waals surface area contributed by atoms with Gasteiger partial charge in [-0.15, -0.1) is 11.3 Å². The largest absolute Gasteiger partial charge is 0.496 e. The van der Waals surface area contributed by atoms with E-state index in [1.165, 1.54) is 18.4 Å². The Kier molecular flexibility index (Phi) is 5.46. The van der Waals surface area contributed by atoms with Crippen LogP contribution >= 0.6 is 11.3 Å². The topological polar surface area (TPSA) is 82.5 Å². The summed E-state index contributed by atoms with van der Waals surface area (Å²) >= 11 is 1.29. The monoisotopic (exact) mass is 387 g/mol. The number of aromatic nitrogens is 2. The molecule has 8 heteroatoms. The van der Waals surface area contributed by atoms with E-state index in [1.54, 1.807) is 7.11 Å². The Balaban J connectivity index is 1.80. The van der Waals surface area contributed by atoms with E-state index < -0.39 is 5.97 Å². The third-order valence-electron chi connectivity index (χ3n) is 4.11. The van der Waals surface area contributed by atoms with Crippen molar-refractivity contribution in [3.63, 3.8) is 0 Å². The maximum atomic E-state index is 12.5. The molecule has 142 valence electrons. The summed E-state index contributed by atoms with van der Waals surface area (Å²) in [6, 6.07) is 7.61. The molecule has 3 aromatic rings. The lowest BCUT2D eigenvalue weighted by Crippen LogP contribution is -2.18. The second-order valence-corrected chi connectivity index (χ2v) is 7.29. The summed E-state index contributed by atoms with van der Waals surface area (Å²) in [6.07, 6.45) is 1.84. The Hall–Kier alpha value is -2.87. The standard InChI is InChI=1S/C19H21N3O4S/c1-11(2)17-16(18(24)26-4)21-19(27-17)20-15(23)10-22-9-8-12-13(22)6-5-7-14(12)25-3/h5-9,11H,10H2,1-4H3,(H,20,21,23). The van der Waals surface area contributed by atoms with Crippen LogP contribution in [-0.2, 0) is 16.1 Å². The Morgan fingerprint density at radius 2 is 2.04 bits per heavy atom. The lowest BCUT2D eigenvalue weighted by Gasteiger charge is -2.06. The number of thiazole rings is 1. The lowest BCUT2D eigenvalue weighted by molar-refractivity contribution is -0.116. The van der Waals surface area contributed by atoms with Gasteiger partial charge in [0.15, 0.2) is 10.8 Å². The Morgan fingerprint density at radius 3 is 2.70 bits per heavy atom. The molecule has 2 aromatic heterocycles. The van der Waals surface area contributed by atoms with Gasteiger partial charge < -0.3 is 19.4 Å². The first-order chi connectivity index (χ1) is 12.9. The molecule has 0 bridgehead atoms. The molecule has 0 unspecified atom stereocenters. The molecule has 0 fully saturated rings. The summed E-state index contributed by atoms with van der Waals surface area (Å²) in [5.41, 5.74) is 1.16. The summed E-state index contributed by atoms with van der Waals surface area (Å²) in [4.78, 5) is 29.4. The molecule has 1 aromatic carbocycles. The maximum Gasteiger partial charge on any atom is 0.357 e. The molecule has 2 heterocycles. The molecule has 0 saturated heterocycles. The zero-order valence-corrected chi connectivity index (χ0v) is 16.4. The first-order valence-electron chi connectivity index (χ1n) is 8.45. The zero-order valence-electron chi connectivity index (χ0n) is 15.6. The highest BCUT2D eigenvalue weighted by atomic mass is 32.1. The Labute approximate surface area is 160 Å². The number of benzene rings is 1. The van der Waals surface area contributed by atoms with Gasteiger partial charge in [0, 0.05) is 16.5 Å². The number of esters is 1. The van der Waals surface area contributed by atoms with E-state index in [2.05, 4.69) is 10.3 Å². The molecular formula is C19H21N3O4S. The third kappa shape index (κ3) is 3.80. The van der Waals surface area contributed by atoms with Crippen LogP contribution in [0.5, 0.6) is 5.75 Å². The summed E-state index contributed by atoms with van der Waals surface area (Å²) in [7, 11) is 2.93. The molecule has 0 radical (unpaired) electrons. The first-order valence-corrected chi connectivity index (χ1v) is 9.27. The van der Waals surface area contributed by atoms with Crippen LogP contribution in [0, 0.1) is 0 Å². The van der Waals surface area contributed by atoms with Gasteiger partial charge in [-0.1, -0.05) is 19.9 Å². The van der Waals surface area contributed by atoms with E-state index >= 15 is 0 Å². The van der Waals surface area contributed by atoms with Crippen molar-refractivity contribution in [3.8, 4) is 5.75 Å². The number of hydrogen-bond acceptors (Lipinski definition) is 6. The van der Waals surface area contributed by atoms with Crippen molar-refractivity contribution in [1.82, 2.24) is 9.55 Å². The lowest BCUT2D eigenvalue weighted by atomic mass is 10.1. The number of nitrogens with zero attached hydrogens (tertiary/aromatic N) is 2. The van der Waals surface area contributed by atoms with Gasteiger partial charge in [-0.05, 0) is 24.1 Å². The van der Waals surface area contributed by atoms with Crippen molar-refractivity contribution in [2.45, 2.75) is 26.3 Å². The smallest absolute Gasteiger partial charge is 0.357 e. The molecule has 3 rings (SSSR count).